The van der Waals surface area contributed by atoms with Crippen molar-refractivity contribution in [3.63, 3.8) is 0 Å². The second kappa shape index (κ2) is 7.89. The molecule has 0 fully saturated rings. The van der Waals surface area contributed by atoms with E-state index in [0.717, 1.165) is 5.56 Å². The molecule has 5 nitrogen and oxygen atoms in total. The Morgan fingerprint density at radius 3 is 2.63 bits per heavy atom. The zero-order valence-corrected chi connectivity index (χ0v) is 16.9. The maximum Gasteiger partial charge on any atom is 0.307 e. The summed E-state index contributed by atoms with van der Waals surface area (Å²) >= 11 is 12.0. The summed E-state index contributed by atoms with van der Waals surface area (Å²) in [4.78, 5) is 11.9. The molecule has 0 aliphatic carbocycles. The maximum atomic E-state index is 11.5. The third kappa shape index (κ3) is 4.20. The van der Waals surface area contributed by atoms with Gasteiger partial charge >= 0.3 is 5.97 Å². The van der Waals surface area contributed by atoms with Crippen LogP contribution in [0.2, 0.25) is 10.0 Å². The summed E-state index contributed by atoms with van der Waals surface area (Å²) in [7, 11) is -3.05. The number of benzene rings is 2. The predicted molar refractivity (Wildman–Crippen MR) is 107 cm³/mol. The van der Waals surface area contributed by atoms with Gasteiger partial charge in [0.05, 0.1) is 16.6 Å². The van der Waals surface area contributed by atoms with Gasteiger partial charge in [0.15, 0.2) is 0 Å². The van der Waals surface area contributed by atoms with Crippen molar-refractivity contribution < 1.29 is 23.7 Å². The number of rotatable bonds is 6. The van der Waals surface area contributed by atoms with Crippen LogP contribution in [-0.4, -0.2) is 25.9 Å². The molecule has 2 aromatic carbocycles. The molecule has 2 aromatic rings. The van der Waals surface area contributed by atoms with Crippen molar-refractivity contribution in [1.29, 1.82) is 0 Å². The van der Waals surface area contributed by atoms with Gasteiger partial charge in [0.1, 0.15) is 12.4 Å². The van der Waals surface area contributed by atoms with Crippen LogP contribution in [0.5, 0.6) is 5.75 Å². The van der Waals surface area contributed by atoms with Crippen LogP contribution in [0.1, 0.15) is 30.4 Å². The summed E-state index contributed by atoms with van der Waals surface area (Å²) < 4.78 is 26.7. The van der Waals surface area contributed by atoms with Gasteiger partial charge in [0, 0.05) is 27.6 Å². The molecular weight excluding hydrogens is 411 g/mol. The SMILES string of the molecule is CCC(C(=O)O)C1CS(O)(O)c2cc(OCc3ccc(Cl)cc3Cl)ccc21. The number of aliphatic carboxylic acids is 1. The van der Waals surface area contributed by atoms with Crippen molar-refractivity contribution in [1.82, 2.24) is 0 Å². The van der Waals surface area contributed by atoms with E-state index in [1.54, 1.807) is 43.3 Å². The molecule has 0 aromatic heterocycles. The van der Waals surface area contributed by atoms with Crippen LogP contribution < -0.4 is 4.74 Å². The monoisotopic (exact) mass is 430 g/mol. The van der Waals surface area contributed by atoms with Crippen LogP contribution in [0.15, 0.2) is 41.3 Å². The smallest absolute Gasteiger partial charge is 0.307 e. The number of ether oxygens (including phenoxy) is 1. The third-order valence-electron chi connectivity index (χ3n) is 4.80. The molecule has 3 N–H and O–H groups in total. The number of carboxylic acids is 1. The van der Waals surface area contributed by atoms with Crippen molar-refractivity contribution in [3.8, 4) is 5.75 Å². The Kier molecular flexibility index (Phi) is 5.93. The molecule has 146 valence electrons. The number of hydrogen-bond acceptors (Lipinski definition) is 4. The first-order valence-corrected chi connectivity index (χ1v) is 10.9. The largest absolute Gasteiger partial charge is 0.489 e. The Hall–Kier alpha value is -1.44. The molecule has 1 heterocycles. The van der Waals surface area contributed by atoms with Crippen LogP contribution in [0, 0.1) is 5.92 Å². The topological polar surface area (TPSA) is 87.0 Å². The molecule has 0 amide bonds. The molecule has 2 unspecified atom stereocenters. The van der Waals surface area contributed by atoms with Crippen LogP contribution in [0.4, 0.5) is 0 Å². The van der Waals surface area contributed by atoms with Gasteiger partial charge in [-0.25, -0.2) is 0 Å². The summed E-state index contributed by atoms with van der Waals surface area (Å²) in [5.41, 5.74) is 1.42. The molecule has 0 bridgehead atoms. The molecule has 0 saturated heterocycles. The van der Waals surface area contributed by atoms with E-state index >= 15 is 0 Å². The molecular formula is C19H20Cl2O5S. The number of halogens is 2. The Labute approximate surface area is 169 Å². The van der Waals surface area contributed by atoms with Crippen molar-refractivity contribution in [2.75, 3.05) is 5.75 Å². The highest BCUT2D eigenvalue weighted by molar-refractivity contribution is 8.24. The van der Waals surface area contributed by atoms with E-state index < -0.39 is 28.4 Å². The molecule has 27 heavy (non-hydrogen) atoms. The first-order valence-electron chi connectivity index (χ1n) is 8.42. The highest BCUT2D eigenvalue weighted by atomic mass is 35.5. The van der Waals surface area contributed by atoms with Gasteiger partial charge < -0.3 is 9.84 Å². The lowest BCUT2D eigenvalue weighted by atomic mass is 9.86. The second-order valence-electron chi connectivity index (χ2n) is 6.52. The van der Waals surface area contributed by atoms with E-state index in [-0.39, 0.29) is 12.4 Å². The average Bonchev–Trinajstić information content (AvgIpc) is 2.85. The Bertz CT molecular complexity index is 871. The van der Waals surface area contributed by atoms with E-state index in [1.807, 2.05) is 0 Å². The molecule has 0 saturated carbocycles. The highest BCUT2D eigenvalue weighted by Gasteiger charge is 2.41. The minimum atomic E-state index is -3.05. The normalized spacial score (nSPS) is 20.0. The number of fused-ring (bicyclic) bond motifs is 1. The van der Waals surface area contributed by atoms with E-state index in [9.17, 15) is 19.0 Å². The van der Waals surface area contributed by atoms with E-state index in [4.69, 9.17) is 27.9 Å². The number of carbonyl (C=O) groups is 1. The van der Waals surface area contributed by atoms with Crippen molar-refractivity contribution in [3.05, 3.63) is 57.6 Å². The molecule has 2 atom stereocenters. The first kappa shape index (κ1) is 20.3. The van der Waals surface area contributed by atoms with Crippen molar-refractivity contribution >= 4 is 39.8 Å². The Balaban J connectivity index is 1.84. The molecule has 3 rings (SSSR count). The van der Waals surface area contributed by atoms with E-state index in [2.05, 4.69) is 0 Å². The van der Waals surface area contributed by atoms with Gasteiger partial charge in [-0.2, -0.15) is 10.6 Å². The van der Waals surface area contributed by atoms with Gasteiger partial charge in [-0.1, -0.05) is 42.3 Å². The molecule has 8 heteroatoms. The lowest BCUT2D eigenvalue weighted by Gasteiger charge is -2.28. The van der Waals surface area contributed by atoms with E-state index in [0.29, 0.717) is 32.7 Å². The number of hydrogen-bond donors (Lipinski definition) is 3. The second-order valence-corrected chi connectivity index (χ2v) is 9.47. The minimum Gasteiger partial charge on any atom is -0.489 e. The molecule has 0 spiro atoms. The first-order chi connectivity index (χ1) is 12.7. The fraction of sp³-hybridized carbons (Fsp3) is 0.316. The standard InChI is InChI=1S/C19H20Cl2O5S/c1-2-14(19(22)23)16-10-27(24,25)18-8-13(5-6-15(16)18)26-9-11-3-4-12(20)7-17(11)21/h3-8,14,16,24-25H,2,9-10H2,1H3,(H,22,23). The lowest BCUT2D eigenvalue weighted by Crippen LogP contribution is -2.22. The third-order valence-corrected chi connectivity index (χ3v) is 7.27. The van der Waals surface area contributed by atoms with Crippen LogP contribution in [-0.2, 0) is 11.4 Å². The van der Waals surface area contributed by atoms with Crippen LogP contribution in [0.3, 0.4) is 0 Å². The summed E-state index contributed by atoms with van der Waals surface area (Å²) in [6, 6.07) is 10.1. The van der Waals surface area contributed by atoms with E-state index in [1.165, 1.54) is 0 Å². The molecule has 1 aliphatic heterocycles. The Morgan fingerprint density at radius 1 is 1.26 bits per heavy atom. The van der Waals surface area contributed by atoms with Crippen molar-refractivity contribution in [2.45, 2.75) is 30.8 Å². The summed E-state index contributed by atoms with van der Waals surface area (Å²) in [5.74, 6) is -1.52. The van der Waals surface area contributed by atoms with Gasteiger partial charge in [0.25, 0.3) is 0 Å². The van der Waals surface area contributed by atoms with Gasteiger partial charge in [0.2, 0.25) is 0 Å². The summed E-state index contributed by atoms with van der Waals surface area (Å²) in [6.07, 6.45) is 0.419. The zero-order chi connectivity index (χ0) is 19.8. The quantitative estimate of drug-likeness (QED) is 0.531. The average molecular weight is 431 g/mol. The lowest BCUT2D eigenvalue weighted by molar-refractivity contribution is -0.142. The van der Waals surface area contributed by atoms with Gasteiger partial charge in [-0.3, -0.25) is 13.9 Å². The van der Waals surface area contributed by atoms with Crippen LogP contribution >= 0.6 is 33.8 Å². The summed E-state index contributed by atoms with van der Waals surface area (Å²) in [5, 5.41) is 10.5. The molecule has 0 radical (unpaired) electrons. The molecule has 1 aliphatic rings. The Morgan fingerprint density at radius 2 is 2.00 bits per heavy atom. The van der Waals surface area contributed by atoms with Gasteiger partial charge in [-0.05, 0) is 30.2 Å². The summed E-state index contributed by atoms with van der Waals surface area (Å²) in [6.45, 7) is 1.99. The van der Waals surface area contributed by atoms with Crippen molar-refractivity contribution in [2.24, 2.45) is 5.92 Å². The minimum absolute atomic E-state index is 0.0274. The predicted octanol–water partition coefficient (Wildman–Crippen LogP) is 5.89. The number of carboxylic acid groups (broad SMARTS) is 1. The van der Waals surface area contributed by atoms with Gasteiger partial charge in [-0.15, -0.1) is 0 Å². The maximum absolute atomic E-state index is 11.5. The van der Waals surface area contributed by atoms with Crippen LogP contribution in [0.25, 0.3) is 0 Å². The fourth-order valence-electron chi connectivity index (χ4n) is 3.39. The zero-order valence-electron chi connectivity index (χ0n) is 14.6. The fourth-order valence-corrected chi connectivity index (χ4v) is 5.84. The highest BCUT2D eigenvalue weighted by Crippen LogP contribution is 2.61.